The fourth-order valence-electron chi connectivity index (χ4n) is 1.87. The van der Waals surface area contributed by atoms with Crippen molar-refractivity contribution in [3.05, 3.63) is 11.4 Å². The predicted molar refractivity (Wildman–Crippen MR) is 61.6 cm³/mol. The molecule has 2 rings (SSSR count). The maximum Gasteiger partial charge on any atom is 0.294 e. The quantitative estimate of drug-likeness (QED) is 0.776. The molecule has 5 heteroatoms. The van der Waals surface area contributed by atoms with Crippen LogP contribution in [0, 0.1) is 0 Å². The molecular weight excluding hydrogens is 204 g/mol. The summed E-state index contributed by atoms with van der Waals surface area (Å²) < 4.78 is 0. The van der Waals surface area contributed by atoms with Crippen molar-refractivity contribution in [1.29, 1.82) is 0 Å². The third-order valence-corrected chi connectivity index (χ3v) is 2.75. The average molecular weight is 221 g/mol. The lowest BCUT2D eigenvalue weighted by Gasteiger charge is -2.29. The predicted octanol–water partition coefficient (Wildman–Crippen LogP) is 1.25. The molecule has 5 nitrogen and oxygen atoms in total. The number of hydrogen-bond donors (Lipinski definition) is 1. The molecule has 0 spiro atoms. The SMILES string of the molecule is CCN1C[N]C(=O)c2[nH]nc(C(C)(C)C)c21. The molecule has 0 saturated heterocycles. The Morgan fingerprint density at radius 3 is 2.69 bits per heavy atom. The molecule has 0 unspecified atom stereocenters. The first-order valence-electron chi connectivity index (χ1n) is 5.50. The van der Waals surface area contributed by atoms with E-state index in [2.05, 4.69) is 48.1 Å². The average Bonchev–Trinajstić information content (AvgIpc) is 2.63. The molecule has 0 fully saturated rings. The lowest BCUT2D eigenvalue weighted by molar-refractivity contribution is 0.0938. The Kier molecular flexibility index (Phi) is 2.40. The number of aromatic nitrogens is 2. The third-order valence-electron chi connectivity index (χ3n) is 2.75. The van der Waals surface area contributed by atoms with Gasteiger partial charge in [-0.3, -0.25) is 9.89 Å². The highest BCUT2D eigenvalue weighted by molar-refractivity contribution is 6.00. The van der Waals surface area contributed by atoms with Gasteiger partial charge in [0, 0.05) is 12.0 Å². The summed E-state index contributed by atoms with van der Waals surface area (Å²) in [5, 5.41) is 11.0. The minimum Gasteiger partial charge on any atom is -0.349 e. The minimum absolute atomic E-state index is 0.0743. The van der Waals surface area contributed by atoms with Crippen LogP contribution < -0.4 is 10.2 Å². The van der Waals surface area contributed by atoms with Crippen molar-refractivity contribution in [2.45, 2.75) is 33.1 Å². The number of hydrogen-bond acceptors (Lipinski definition) is 3. The van der Waals surface area contributed by atoms with Crippen LogP contribution in [-0.2, 0) is 5.41 Å². The molecule has 1 aromatic rings. The lowest BCUT2D eigenvalue weighted by Crippen LogP contribution is -2.39. The normalized spacial score (nSPS) is 16.0. The Bertz CT molecular complexity index is 416. The number of nitrogens with zero attached hydrogens (tertiary/aromatic N) is 3. The maximum atomic E-state index is 11.6. The number of H-pyrrole nitrogens is 1. The summed E-state index contributed by atoms with van der Waals surface area (Å²) in [4.78, 5) is 13.7. The number of amides is 1. The summed E-state index contributed by atoms with van der Waals surface area (Å²) in [5.74, 6) is -0.192. The summed E-state index contributed by atoms with van der Waals surface area (Å²) in [6.45, 7) is 9.58. The van der Waals surface area contributed by atoms with E-state index in [1.165, 1.54) is 0 Å². The number of aromatic amines is 1. The first-order valence-corrected chi connectivity index (χ1v) is 5.50. The van der Waals surface area contributed by atoms with Crippen LogP contribution in [0.3, 0.4) is 0 Å². The molecule has 0 atom stereocenters. The molecule has 0 saturated carbocycles. The molecule has 1 N–H and O–H groups in total. The van der Waals surface area contributed by atoms with Crippen LogP contribution in [0.15, 0.2) is 0 Å². The standard InChI is InChI=1S/C11H17N4O/c1-5-15-6-12-10(16)7-8(15)9(14-13-7)11(2,3)4/h5-6H2,1-4H3,(H,13,14). The lowest BCUT2D eigenvalue weighted by atomic mass is 9.90. The van der Waals surface area contributed by atoms with Gasteiger partial charge in [0.1, 0.15) is 12.4 Å². The zero-order valence-corrected chi connectivity index (χ0v) is 10.2. The summed E-state index contributed by atoms with van der Waals surface area (Å²) in [6.07, 6.45) is 0. The van der Waals surface area contributed by atoms with Crippen LogP contribution in [0.1, 0.15) is 43.9 Å². The van der Waals surface area contributed by atoms with Gasteiger partial charge >= 0.3 is 0 Å². The fourth-order valence-corrected chi connectivity index (χ4v) is 1.87. The van der Waals surface area contributed by atoms with Crippen LogP contribution in [0.2, 0.25) is 0 Å². The number of nitrogens with one attached hydrogen (secondary N) is 1. The van der Waals surface area contributed by atoms with Gasteiger partial charge in [0.2, 0.25) is 0 Å². The van der Waals surface area contributed by atoms with Gasteiger partial charge < -0.3 is 4.90 Å². The molecule has 0 aliphatic carbocycles. The van der Waals surface area contributed by atoms with Gasteiger partial charge in [-0.1, -0.05) is 20.8 Å². The van der Waals surface area contributed by atoms with Crippen molar-refractivity contribution in [3.63, 3.8) is 0 Å². The third kappa shape index (κ3) is 1.56. The van der Waals surface area contributed by atoms with Gasteiger partial charge in [-0.2, -0.15) is 5.10 Å². The Morgan fingerprint density at radius 1 is 1.44 bits per heavy atom. The Hall–Kier alpha value is -1.52. The first-order chi connectivity index (χ1) is 7.45. The summed E-state index contributed by atoms with van der Waals surface area (Å²) in [7, 11) is 0. The van der Waals surface area contributed by atoms with Crippen LogP contribution in [0.4, 0.5) is 5.69 Å². The minimum atomic E-state index is -0.192. The highest BCUT2D eigenvalue weighted by Gasteiger charge is 2.33. The number of anilines is 1. The molecule has 87 valence electrons. The van der Waals surface area contributed by atoms with Crippen molar-refractivity contribution >= 4 is 11.6 Å². The Balaban J connectivity index is 2.56. The largest absolute Gasteiger partial charge is 0.349 e. The molecule has 16 heavy (non-hydrogen) atoms. The van der Waals surface area contributed by atoms with Gasteiger partial charge in [-0.15, -0.1) is 0 Å². The molecule has 1 amide bonds. The van der Waals surface area contributed by atoms with E-state index in [-0.39, 0.29) is 11.3 Å². The Morgan fingerprint density at radius 2 is 2.12 bits per heavy atom. The highest BCUT2D eigenvalue weighted by Crippen LogP contribution is 2.34. The topological polar surface area (TPSA) is 63.1 Å². The van der Waals surface area contributed by atoms with Crippen molar-refractivity contribution < 1.29 is 4.79 Å². The van der Waals surface area contributed by atoms with E-state index in [1.54, 1.807) is 0 Å². The van der Waals surface area contributed by atoms with Gasteiger partial charge in [0.25, 0.3) is 5.91 Å². The summed E-state index contributed by atoms with van der Waals surface area (Å²) in [5.41, 5.74) is 2.32. The second-order valence-corrected chi connectivity index (χ2v) is 5.01. The number of carbonyl (C=O) groups excluding carboxylic acids is 1. The van der Waals surface area contributed by atoms with E-state index < -0.39 is 0 Å². The van der Waals surface area contributed by atoms with Crippen LogP contribution >= 0.6 is 0 Å². The maximum absolute atomic E-state index is 11.6. The fraction of sp³-hybridized carbons (Fsp3) is 0.636. The van der Waals surface area contributed by atoms with Crippen molar-refractivity contribution in [1.82, 2.24) is 15.5 Å². The molecule has 1 radical (unpaired) electrons. The monoisotopic (exact) mass is 221 g/mol. The number of carbonyl (C=O) groups is 1. The molecule has 0 aromatic carbocycles. The Labute approximate surface area is 95.2 Å². The highest BCUT2D eigenvalue weighted by atomic mass is 16.2. The van der Waals surface area contributed by atoms with E-state index in [1.807, 2.05) is 0 Å². The van der Waals surface area contributed by atoms with Gasteiger partial charge in [0.05, 0.1) is 11.4 Å². The van der Waals surface area contributed by atoms with Crippen LogP contribution in [0.25, 0.3) is 0 Å². The van der Waals surface area contributed by atoms with E-state index in [9.17, 15) is 4.79 Å². The van der Waals surface area contributed by atoms with Crippen LogP contribution in [-0.4, -0.2) is 29.3 Å². The van der Waals surface area contributed by atoms with E-state index >= 15 is 0 Å². The number of fused-ring (bicyclic) bond motifs is 1. The van der Waals surface area contributed by atoms with Gasteiger partial charge in [-0.05, 0) is 6.92 Å². The van der Waals surface area contributed by atoms with Gasteiger partial charge in [-0.25, -0.2) is 5.32 Å². The van der Waals surface area contributed by atoms with E-state index in [4.69, 9.17) is 0 Å². The molecule has 1 aromatic heterocycles. The van der Waals surface area contributed by atoms with E-state index in [0.29, 0.717) is 12.4 Å². The molecule has 2 heterocycles. The summed E-state index contributed by atoms with van der Waals surface area (Å²) >= 11 is 0. The zero-order chi connectivity index (χ0) is 11.9. The van der Waals surface area contributed by atoms with E-state index in [0.717, 1.165) is 17.9 Å². The number of rotatable bonds is 1. The second-order valence-electron chi connectivity index (χ2n) is 5.01. The molecule has 1 aliphatic rings. The van der Waals surface area contributed by atoms with Crippen molar-refractivity contribution in [3.8, 4) is 0 Å². The van der Waals surface area contributed by atoms with Crippen LogP contribution in [0.5, 0.6) is 0 Å². The smallest absolute Gasteiger partial charge is 0.294 e. The first kappa shape index (κ1) is 11.0. The molecule has 0 bridgehead atoms. The molecular formula is C11H17N4O. The molecule has 1 aliphatic heterocycles. The van der Waals surface area contributed by atoms with Crippen molar-refractivity contribution in [2.24, 2.45) is 0 Å². The van der Waals surface area contributed by atoms with Gasteiger partial charge in [0.15, 0.2) is 0 Å². The summed E-state index contributed by atoms with van der Waals surface area (Å²) in [6, 6.07) is 0. The second kappa shape index (κ2) is 3.50. The van der Waals surface area contributed by atoms with Crippen molar-refractivity contribution in [2.75, 3.05) is 18.1 Å². The zero-order valence-electron chi connectivity index (χ0n) is 10.2.